The van der Waals surface area contributed by atoms with Gasteiger partial charge in [-0.15, -0.1) is 0 Å². The van der Waals surface area contributed by atoms with Crippen molar-refractivity contribution in [2.75, 3.05) is 31.1 Å². The van der Waals surface area contributed by atoms with Crippen molar-refractivity contribution in [3.63, 3.8) is 0 Å². The van der Waals surface area contributed by atoms with Gasteiger partial charge in [0.05, 0.1) is 11.8 Å². The molecule has 2 heterocycles. The summed E-state index contributed by atoms with van der Waals surface area (Å²) >= 11 is 5.71. The molecule has 0 N–H and O–H groups in total. The number of amides is 1. The molecule has 0 aliphatic carbocycles. The van der Waals surface area contributed by atoms with E-state index in [-0.39, 0.29) is 16.5 Å². The molecular formula is C15H14ClFN4O. The van der Waals surface area contributed by atoms with Gasteiger partial charge in [-0.05, 0) is 18.2 Å². The van der Waals surface area contributed by atoms with Crippen molar-refractivity contribution in [2.24, 2.45) is 0 Å². The van der Waals surface area contributed by atoms with Crippen molar-refractivity contribution in [1.82, 2.24) is 14.9 Å². The second-order valence-corrected chi connectivity index (χ2v) is 5.40. The highest BCUT2D eigenvalue weighted by Gasteiger charge is 2.24. The van der Waals surface area contributed by atoms with E-state index in [0.29, 0.717) is 26.2 Å². The van der Waals surface area contributed by atoms with Crippen molar-refractivity contribution in [1.29, 1.82) is 0 Å². The van der Waals surface area contributed by atoms with Gasteiger partial charge in [-0.1, -0.05) is 11.6 Å². The summed E-state index contributed by atoms with van der Waals surface area (Å²) in [6, 6.07) is 4.10. The molecule has 22 heavy (non-hydrogen) atoms. The van der Waals surface area contributed by atoms with Gasteiger partial charge >= 0.3 is 0 Å². The molecule has 0 atom stereocenters. The molecule has 3 rings (SSSR count). The summed E-state index contributed by atoms with van der Waals surface area (Å²) in [4.78, 5) is 24.3. The number of hydrogen-bond acceptors (Lipinski definition) is 4. The fourth-order valence-electron chi connectivity index (χ4n) is 2.43. The largest absolute Gasteiger partial charge is 0.352 e. The SMILES string of the molecule is O=C(c1ccc(Cl)cc1F)N1CCN(c2cnccn2)CC1. The van der Waals surface area contributed by atoms with Gasteiger partial charge in [0, 0.05) is 43.6 Å². The summed E-state index contributed by atoms with van der Waals surface area (Å²) in [7, 11) is 0. The Morgan fingerprint density at radius 3 is 2.59 bits per heavy atom. The summed E-state index contributed by atoms with van der Waals surface area (Å²) in [6.07, 6.45) is 4.94. The molecular weight excluding hydrogens is 307 g/mol. The highest BCUT2D eigenvalue weighted by Crippen LogP contribution is 2.18. The molecule has 1 saturated heterocycles. The average molecular weight is 321 g/mol. The molecule has 0 radical (unpaired) electrons. The number of benzene rings is 1. The van der Waals surface area contributed by atoms with Crippen LogP contribution in [-0.4, -0.2) is 47.0 Å². The molecule has 1 aromatic carbocycles. The third kappa shape index (κ3) is 3.01. The van der Waals surface area contributed by atoms with Gasteiger partial charge < -0.3 is 9.80 Å². The summed E-state index contributed by atoms with van der Waals surface area (Å²) in [5.41, 5.74) is 0.0531. The topological polar surface area (TPSA) is 49.3 Å². The van der Waals surface area contributed by atoms with E-state index in [1.54, 1.807) is 23.5 Å². The van der Waals surface area contributed by atoms with Crippen molar-refractivity contribution < 1.29 is 9.18 Å². The smallest absolute Gasteiger partial charge is 0.256 e. The van der Waals surface area contributed by atoms with E-state index in [0.717, 1.165) is 11.9 Å². The van der Waals surface area contributed by atoms with Gasteiger partial charge in [0.25, 0.3) is 5.91 Å². The lowest BCUT2D eigenvalue weighted by atomic mass is 10.1. The van der Waals surface area contributed by atoms with Gasteiger partial charge in [0.15, 0.2) is 0 Å². The molecule has 114 valence electrons. The Balaban J connectivity index is 1.67. The zero-order chi connectivity index (χ0) is 15.5. The minimum absolute atomic E-state index is 0.0531. The van der Waals surface area contributed by atoms with Crippen molar-refractivity contribution >= 4 is 23.3 Å². The van der Waals surface area contributed by atoms with Crippen LogP contribution in [0.3, 0.4) is 0 Å². The first-order valence-electron chi connectivity index (χ1n) is 6.90. The summed E-state index contributed by atoms with van der Waals surface area (Å²) in [5.74, 6) is -0.117. The number of carbonyl (C=O) groups is 1. The van der Waals surface area contributed by atoms with Crippen LogP contribution < -0.4 is 4.90 Å². The molecule has 1 amide bonds. The Labute approximate surface area is 132 Å². The first-order valence-corrected chi connectivity index (χ1v) is 7.28. The first kappa shape index (κ1) is 14.7. The van der Waals surface area contributed by atoms with Crippen LogP contribution in [-0.2, 0) is 0 Å². The number of hydrogen-bond donors (Lipinski definition) is 0. The summed E-state index contributed by atoms with van der Waals surface area (Å²) < 4.78 is 13.8. The quantitative estimate of drug-likeness (QED) is 0.851. The van der Waals surface area contributed by atoms with E-state index in [1.165, 1.54) is 12.1 Å². The second-order valence-electron chi connectivity index (χ2n) is 4.97. The highest BCUT2D eigenvalue weighted by atomic mass is 35.5. The third-order valence-corrected chi connectivity index (χ3v) is 3.84. The van der Waals surface area contributed by atoms with Crippen LogP contribution in [0.2, 0.25) is 5.02 Å². The lowest BCUT2D eigenvalue weighted by molar-refractivity contribution is 0.0742. The Kier molecular flexibility index (Phi) is 4.20. The van der Waals surface area contributed by atoms with Crippen LogP contribution in [0.15, 0.2) is 36.8 Å². The Morgan fingerprint density at radius 1 is 1.18 bits per heavy atom. The van der Waals surface area contributed by atoms with Gasteiger partial charge in [0.1, 0.15) is 11.6 Å². The zero-order valence-corrected chi connectivity index (χ0v) is 12.5. The molecule has 1 aromatic heterocycles. The second kappa shape index (κ2) is 6.27. The van der Waals surface area contributed by atoms with Gasteiger partial charge in [-0.25, -0.2) is 9.37 Å². The van der Waals surface area contributed by atoms with E-state index in [2.05, 4.69) is 14.9 Å². The monoisotopic (exact) mass is 320 g/mol. The number of aromatic nitrogens is 2. The molecule has 7 heteroatoms. The van der Waals surface area contributed by atoms with E-state index in [9.17, 15) is 9.18 Å². The standard InChI is InChI=1S/C15H14ClFN4O/c16-11-1-2-12(13(17)9-11)15(22)21-7-5-20(6-8-21)14-10-18-3-4-19-14/h1-4,9-10H,5-8H2. The minimum Gasteiger partial charge on any atom is -0.352 e. The van der Waals surface area contributed by atoms with Crippen LogP contribution in [0, 0.1) is 5.82 Å². The van der Waals surface area contributed by atoms with E-state index < -0.39 is 5.82 Å². The first-order chi connectivity index (χ1) is 10.6. The number of anilines is 1. The van der Waals surface area contributed by atoms with Crippen LogP contribution in [0.25, 0.3) is 0 Å². The predicted octanol–water partition coefficient (Wildman–Crippen LogP) is 2.23. The lowest BCUT2D eigenvalue weighted by Crippen LogP contribution is -2.49. The Bertz CT molecular complexity index is 674. The molecule has 1 fully saturated rings. The molecule has 2 aromatic rings. The Hall–Kier alpha value is -2.21. The predicted molar refractivity (Wildman–Crippen MR) is 81.6 cm³/mol. The summed E-state index contributed by atoms with van der Waals surface area (Å²) in [5, 5.41) is 0.279. The average Bonchev–Trinajstić information content (AvgIpc) is 2.55. The van der Waals surface area contributed by atoms with Gasteiger partial charge in [-0.2, -0.15) is 0 Å². The number of piperazine rings is 1. The van der Waals surface area contributed by atoms with Crippen molar-refractivity contribution in [3.8, 4) is 0 Å². The normalized spacial score (nSPS) is 15.0. The van der Waals surface area contributed by atoms with Crippen LogP contribution in [0.4, 0.5) is 10.2 Å². The van der Waals surface area contributed by atoms with E-state index in [4.69, 9.17) is 11.6 Å². The minimum atomic E-state index is -0.589. The fourth-order valence-corrected chi connectivity index (χ4v) is 2.59. The summed E-state index contributed by atoms with van der Waals surface area (Å²) in [6.45, 7) is 2.30. The van der Waals surface area contributed by atoms with Crippen LogP contribution in [0.5, 0.6) is 0 Å². The number of rotatable bonds is 2. The molecule has 1 aliphatic rings. The number of nitrogens with zero attached hydrogens (tertiary/aromatic N) is 4. The van der Waals surface area contributed by atoms with E-state index >= 15 is 0 Å². The fraction of sp³-hybridized carbons (Fsp3) is 0.267. The van der Waals surface area contributed by atoms with Gasteiger partial charge in [0.2, 0.25) is 0 Å². The van der Waals surface area contributed by atoms with Crippen LogP contribution in [0.1, 0.15) is 10.4 Å². The molecule has 0 saturated carbocycles. The number of halogens is 2. The molecule has 0 bridgehead atoms. The maximum absolute atomic E-state index is 13.8. The maximum Gasteiger partial charge on any atom is 0.256 e. The molecule has 0 unspecified atom stereocenters. The van der Waals surface area contributed by atoms with Crippen molar-refractivity contribution in [2.45, 2.75) is 0 Å². The molecule has 5 nitrogen and oxygen atoms in total. The molecule has 1 aliphatic heterocycles. The van der Waals surface area contributed by atoms with Gasteiger partial charge in [-0.3, -0.25) is 9.78 Å². The lowest BCUT2D eigenvalue weighted by Gasteiger charge is -2.35. The highest BCUT2D eigenvalue weighted by molar-refractivity contribution is 6.30. The zero-order valence-electron chi connectivity index (χ0n) is 11.7. The molecule has 0 spiro atoms. The third-order valence-electron chi connectivity index (χ3n) is 3.60. The Morgan fingerprint density at radius 2 is 1.95 bits per heavy atom. The van der Waals surface area contributed by atoms with E-state index in [1.807, 2.05) is 0 Å². The number of carbonyl (C=O) groups excluding carboxylic acids is 1. The van der Waals surface area contributed by atoms with Crippen LogP contribution >= 0.6 is 11.6 Å². The van der Waals surface area contributed by atoms with Crippen molar-refractivity contribution in [3.05, 3.63) is 53.2 Å². The maximum atomic E-state index is 13.8.